The predicted octanol–water partition coefficient (Wildman–Crippen LogP) is 2.03. The summed E-state index contributed by atoms with van der Waals surface area (Å²) in [5, 5.41) is 53.6. The average molecular weight is 343 g/mol. The Morgan fingerprint density at radius 2 is 1.76 bits per heavy atom. The summed E-state index contributed by atoms with van der Waals surface area (Å²) < 4.78 is 5.74. The van der Waals surface area contributed by atoms with Crippen molar-refractivity contribution in [1.29, 1.82) is 0 Å². The summed E-state index contributed by atoms with van der Waals surface area (Å²) in [6, 6.07) is 4.27. The van der Waals surface area contributed by atoms with Crippen molar-refractivity contribution in [3.63, 3.8) is 0 Å². The number of phenolic OH excluding ortho intramolecular Hbond substituents is 4. The molecule has 4 rings (SSSR count). The van der Waals surface area contributed by atoms with E-state index in [0.29, 0.717) is 23.1 Å². The van der Waals surface area contributed by atoms with Gasteiger partial charge in [-0.25, -0.2) is 0 Å². The summed E-state index contributed by atoms with van der Waals surface area (Å²) in [6.45, 7) is 3.49. The fourth-order valence-corrected chi connectivity index (χ4v) is 3.73. The zero-order valence-electron chi connectivity index (χ0n) is 13.2. The van der Waals surface area contributed by atoms with E-state index in [1.54, 1.807) is 0 Å². The van der Waals surface area contributed by atoms with Crippen molar-refractivity contribution in [2.75, 3.05) is 5.32 Å². The highest BCUT2D eigenvalue weighted by Crippen LogP contribution is 2.55. The van der Waals surface area contributed by atoms with Gasteiger partial charge in [-0.15, -0.1) is 0 Å². The molecule has 7 nitrogen and oxygen atoms in total. The third-order valence-corrected chi connectivity index (χ3v) is 4.86. The van der Waals surface area contributed by atoms with E-state index in [1.807, 2.05) is 0 Å². The molecule has 25 heavy (non-hydrogen) atoms. The quantitative estimate of drug-likeness (QED) is 0.461. The number of hydrogen-bond acceptors (Lipinski definition) is 7. The highest BCUT2D eigenvalue weighted by Gasteiger charge is 2.51. The van der Waals surface area contributed by atoms with Gasteiger partial charge in [0.15, 0.2) is 23.0 Å². The van der Waals surface area contributed by atoms with Crippen LogP contribution in [0.5, 0.6) is 28.7 Å². The Kier molecular flexibility index (Phi) is 3.07. The lowest BCUT2D eigenvalue weighted by Crippen LogP contribution is -2.44. The van der Waals surface area contributed by atoms with Gasteiger partial charge < -0.3 is 35.6 Å². The zero-order valence-corrected chi connectivity index (χ0v) is 13.2. The maximum Gasteiger partial charge on any atom is 0.219 e. The molecule has 0 fully saturated rings. The average Bonchev–Trinajstić information content (AvgIpc) is 2.82. The molecule has 6 N–H and O–H groups in total. The molecule has 1 heterocycles. The first-order valence-electron chi connectivity index (χ1n) is 7.75. The molecule has 7 heteroatoms. The predicted molar refractivity (Wildman–Crippen MR) is 89.1 cm³/mol. The molecule has 0 bridgehead atoms. The van der Waals surface area contributed by atoms with E-state index in [-0.39, 0.29) is 40.9 Å². The molecular weight excluding hydrogens is 326 g/mol. The first-order valence-corrected chi connectivity index (χ1v) is 7.75. The second kappa shape index (κ2) is 4.97. The number of ether oxygens (including phenoxy) is 1. The molecule has 2 atom stereocenters. The van der Waals surface area contributed by atoms with Gasteiger partial charge in [-0.2, -0.15) is 0 Å². The van der Waals surface area contributed by atoms with Gasteiger partial charge in [-0.05, 0) is 41.9 Å². The summed E-state index contributed by atoms with van der Waals surface area (Å²) >= 11 is 0. The molecule has 2 unspecified atom stereocenters. The van der Waals surface area contributed by atoms with Crippen LogP contribution in [0.1, 0.15) is 22.6 Å². The Labute approximate surface area is 143 Å². The van der Waals surface area contributed by atoms with Crippen LogP contribution in [0, 0.1) is 0 Å². The van der Waals surface area contributed by atoms with Crippen LogP contribution in [0.15, 0.2) is 31.0 Å². The summed E-state index contributed by atoms with van der Waals surface area (Å²) in [7, 11) is 0. The summed E-state index contributed by atoms with van der Waals surface area (Å²) in [4.78, 5) is 0. The van der Waals surface area contributed by atoms with Crippen LogP contribution in [-0.4, -0.2) is 31.3 Å². The number of phenols is 4. The van der Waals surface area contributed by atoms with E-state index in [1.165, 1.54) is 24.4 Å². The fraction of sp³-hybridized carbons (Fsp3) is 0.222. The van der Waals surface area contributed by atoms with Crippen molar-refractivity contribution in [3.8, 4) is 28.7 Å². The Hall–Kier alpha value is -3.06. The van der Waals surface area contributed by atoms with Gasteiger partial charge >= 0.3 is 0 Å². The Morgan fingerprint density at radius 3 is 2.48 bits per heavy atom. The van der Waals surface area contributed by atoms with Crippen molar-refractivity contribution >= 4 is 5.69 Å². The second-order valence-corrected chi connectivity index (χ2v) is 6.38. The first-order chi connectivity index (χ1) is 11.8. The Morgan fingerprint density at radius 1 is 1.08 bits per heavy atom. The lowest BCUT2D eigenvalue weighted by atomic mass is 9.86. The smallest absolute Gasteiger partial charge is 0.219 e. The van der Waals surface area contributed by atoms with Gasteiger partial charge in [0.1, 0.15) is 11.4 Å². The van der Waals surface area contributed by atoms with Crippen molar-refractivity contribution in [3.05, 3.63) is 47.7 Å². The van der Waals surface area contributed by atoms with Crippen LogP contribution in [0.2, 0.25) is 0 Å². The van der Waals surface area contributed by atoms with Crippen LogP contribution in [0.25, 0.3) is 0 Å². The molecule has 2 aromatic rings. The molecule has 1 aliphatic heterocycles. The van der Waals surface area contributed by atoms with Crippen molar-refractivity contribution in [1.82, 2.24) is 0 Å². The number of nitrogens with one attached hydrogen (secondary N) is 1. The normalized spacial score (nSPS) is 23.2. The van der Waals surface area contributed by atoms with Crippen LogP contribution in [0.4, 0.5) is 5.69 Å². The van der Waals surface area contributed by atoms with E-state index in [9.17, 15) is 25.5 Å². The minimum Gasteiger partial charge on any atom is -0.506 e. The summed E-state index contributed by atoms with van der Waals surface area (Å²) in [5.74, 6) is -3.06. The molecular formula is C18H17NO6. The zero-order chi connectivity index (χ0) is 17.9. The lowest BCUT2D eigenvalue weighted by Gasteiger charge is -2.37. The topological polar surface area (TPSA) is 122 Å². The second-order valence-electron chi connectivity index (χ2n) is 6.38. The number of aromatic hydroxyl groups is 4. The highest BCUT2D eigenvalue weighted by molar-refractivity contribution is 5.74. The van der Waals surface area contributed by atoms with Gasteiger partial charge in [0.2, 0.25) is 5.79 Å². The fourth-order valence-electron chi connectivity index (χ4n) is 3.73. The van der Waals surface area contributed by atoms with Crippen LogP contribution in [-0.2, 0) is 12.8 Å². The maximum atomic E-state index is 11.0. The maximum absolute atomic E-state index is 11.0. The molecule has 0 aromatic heterocycles. The molecule has 0 radical (unpaired) electrons. The highest BCUT2D eigenvalue weighted by atomic mass is 16.6. The minimum absolute atomic E-state index is 0.0431. The lowest BCUT2D eigenvalue weighted by molar-refractivity contribution is -0.156. The molecule has 0 spiro atoms. The van der Waals surface area contributed by atoms with Gasteiger partial charge in [0, 0.05) is 12.0 Å². The van der Waals surface area contributed by atoms with Crippen LogP contribution >= 0.6 is 0 Å². The number of aliphatic hydroxyl groups is 1. The van der Waals surface area contributed by atoms with E-state index in [2.05, 4.69) is 11.9 Å². The molecule has 2 aromatic carbocycles. The van der Waals surface area contributed by atoms with Gasteiger partial charge in [-0.3, -0.25) is 0 Å². The number of hydrogen-bond donors (Lipinski definition) is 6. The summed E-state index contributed by atoms with van der Waals surface area (Å²) in [5.41, 5.74) is 1.89. The molecule has 2 aliphatic rings. The third-order valence-electron chi connectivity index (χ3n) is 4.86. The molecule has 1 aliphatic carbocycles. The van der Waals surface area contributed by atoms with E-state index in [4.69, 9.17) is 4.74 Å². The van der Waals surface area contributed by atoms with Gasteiger partial charge in [0.05, 0.1) is 5.92 Å². The van der Waals surface area contributed by atoms with E-state index < -0.39 is 11.7 Å². The van der Waals surface area contributed by atoms with E-state index in [0.717, 1.165) is 0 Å². The summed E-state index contributed by atoms with van der Waals surface area (Å²) in [6.07, 6.45) is 1.70. The number of fused-ring (bicyclic) bond motifs is 4. The Bertz CT molecular complexity index is 909. The van der Waals surface area contributed by atoms with Crippen molar-refractivity contribution in [2.45, 2.75) is 24.5 Å². The van der Waals surface area contributed by atoms with Gasteiger partial charge in [-0.1, -0.05) is 6.58 Å². The third kappa shape index (κ3) is 2.09. The molecule has 130 valence electrons. The van der Waals surface area contributed by atoms with Crippen LogP contribution in [0.3, 0.4) is 0 Å². The van der Waals surface area contributed by atoms with Gasteiger partial charge in [0.25, 0.3) is 0 Å². The minimum atomic E-state index is -1.62. The number of anilines is 1. The van der Waals surface area contributed by atoms with Crippen molar-refractivity contribution in [2.24, 2.45) is 0 Å². The van der Waals surface area contributed by atoms with Crippen molar-refractivity contribution < 1.29 is 30.3 Å². The number of benzene rings is 2. The molecule has 0 saturated heterocycles. The number of rotatable bonds is 2. The SMILES string of the molecule is C=CNc1c(O)cc2c(c1O)OC1(O)Cc3cc(O)c(O)cc3C1C2. The molecule has 0 amide bonds. The standard InChI is InChI=1S/C18H17NO6/c1-2-19-15-14(22)4-8-3-11-10-6-13(21)12(20)5-9(10)7-18(11,24)25-17(8)16(15)23/h2,4-6,11,19-24H,1,3,7H2. The van der Waals surface area contributed by atoms with E-state index >= 15 is 0 Å². The Balaban J connectivity index is 1.83. The first kappa shape index (κ1) is 15.5. The van der Waals surface area contributed by atoms with Crippen LogP contribution < -0.4 is 10.1 Å². The monoisotopic (exact) mass is 343 g/mol. The largest absolute Gasteiger partial charge is 0.506 e. The molecule has 0 saturated carbocycles.